The molecule has 0 aromatic carbocycles. The van der Waals surface area contributed by atoms with Crippen LogP contribution in [-0.2, 0) is 7.05 Å². The van der Waals surface area contributed by atoms with Gasteiger partial charge in [-0.3, -0.25) is 0 Å². The van der Waals surface area contributed by atoms with Crippen molar-refractivity contribution in [1.82, 2.24) is 9.78 Å². The Hall–Kier alpha value is -1.59. The van der Waals surface area contributed by atoms with Crippen LogP contribution >= 0.6 is 0 Å². The standard InChI is InChI=1S/C4H4N2O4/c1-6-4(9)10-2(5-6)3(7)8/h1H3,(H,7,8). The van der Waals surface area contributed by atoms with Gasteiger partial charge in [-0.15, -0.1) is 5.10 Å². The highest BCUT2D eigenvalue weighted by atomic mass is 16.5. The Labute approximate surface area is 54.7 Å². The summed E-state index contributed by atoms with van der Waals surface area (Å²) in [5.41, 5.74) is 0. The second-order valence-electron chi connectivity index (χ2n) is 1.60. The fourth-order valence-electron chi connectivity index (χ4n) is 0.433. The second-order valence-corrected chi connectivity index (χ2v) is 1.60. The van der Waals surface area contributed by atoms with Crippen LogP contribution in [0.5, 0.6) is 0 Å². The van der Waals surface area contributed by atoms with Gasteiger partial charge >= 0.3 is 17.6 Å². The van der Waals surface area contributed by atoms with E-state index in [-0.39, 0.29) is 0 Å². The van der Waals surface area contributed by atoms with Crippen molar-refractivity contribution in [3.8, 4) is 0 Å². The molecule has 0 saturated heterocycles. The highest BCUT2D eigenvalue weighted by Crippen LogP contribution is 1.86. The minimum atomic E-state index is -1.35. The molecule has 0 unspecified atom stereocenters. The van der Waals surface area contributed by atoms with Crippen LogP contribution in [0.15, 0.2) is 9.21 Å². The van der Waals surface area contributed by atoms with Crippen molar-refractivity contribution in [3.63, 3.8) is 0 Å². The molecule has 6 nitrogen and oxygen atoms in total. The third-order valence-electron chi connectivity index (χ3n) is 0.872. The Bertz CT molecular complexity index is 309. The van der Waals surface area contributed by atoms with Crippen molar-refractivity contribution in [1.29, 1.82) is 0 Å². The lowest BCUT2D eigenvalue weighted by Gasteiger charge is -1.77. The molecule has 0 atom stereocenters. The Kier molecular flexibility index (Phi) is 1.29. The maximum Gasteiger partial charge on any atom is 0.437 e. The van der Waals surface area contributed by atoms with Gasteiger partial charge in [0, 0.05) is 7.05 Å². The second kappa shape index (κ2) is 1.98. The number of carboxylic acid groups (broad SMARTS) is 1. The first kappa shape index (κ1) is 6.53. The summed E-state index contributed by atoms with van der Waals surface area (Å²) < 4.78 is 4.98. The number of aromatic nitrogens is 2. The Balaban J connectivity index is 3.23. The average molecular weight is 144 g/mol. The van der Waals surface area contributed by atoms with E-state index in [0.717, 1.165) is 4.68 Å². The van der Waals surface area contributed by atoms with Crippen molar-refractivity contribution in [2.24, 2.45) is 7.05 Å². The number of hydrogen-bond donors (Lipinski definition) is 1. The minimum Gasteiger partial charge on any atom is -0.474 e. The molecule has 1 heterocycles. The Morgan fingerprint density at radius 2 is 2.40 bits per heavy atom. The summed E-state index contributed by atoms with van der Waals surface area (Å²) in [5.74, 6) is -2.72. The van der Waals surface area contributed by atoms with Crippen LogP contribution in [0.4, 0.5) is 0 Å². The molecule has 10 heavy (non-hydrogen) atoms. The highest BCUT2D eigenvalue weighted by Gasteiger charge is 2.11. The summed E-state index contributed by atoms with van der Waals surface area (Å²) >= 11 is 0. The predicted molar refractivity (Wildman–Crippen MR) is 28.7 cm³/mol. The van der Waals surface area contributed by atoms with Crippen molar-refractivity contribution in [2.75, 3.05) is 0 Å². The minimum absolute atomic E-state index is 0.590. The van der Waals surface area contributed by atoms with Crippen LogP contribution in [0.25, 0.3) is 0 Å². The lowest BCUT2D eigenvalue weighted by molar-refractivity contribution is 0.0651. The van der Waals surface area contributed by atoms with E-state index in [9.17, 15) is 9.59 Å². The molecular weight excluding hydrogens is 140 g/mol. The van der Waals surface area contributed by atoms with Gasteiger partial charge in [-0.2, -0.15) is 4.68 Å². The SMILES string of the molecule is Cn1nc(C(=O)O)oc1=O. The zero-order valence-corrected chi connectivity index (χ0v) is 5.07. The summed E-state index contributed by atoms with van der Waals surface area (Å²) in [6, 6.07) is 0. The fraction of sp³-hybridized carbons (Fsp3) is 0.250. The molecule has 0 radical (unpaired) electrons. The van der Waals surface area contributed by atoms with Gasteiger partial charge in [-0.05, 0) is 0 Å². The average Bonchev–Trinajstić information content (AvgIpc) is 2.13. The molecule has 0 fully saturated rings. The molecule has 1 N–H and O–H groups in total. The molecule has 1 aromatic rings. The maximum absolute atomic E-state index is 10.4. The molecule has 0 amide bonds. The molecule has 1 rings (SSSR count). The number of hydrogen-bond acceptors (Lipinski definition) is 4. The van der Waals surface area contributed by atoms with E-state index in [0.29, 0.717) is 0 Å². The van der Waals surface area contributed by atoms with Crippen molar-refractivity contribution in [2.45, 2.75) is 0 Å². The van der Waals surface area contributed by atoms with Crippen molar-refractivity contribution in [3.05, 3.63) is 16.4 Å². The van der Waals surface area contributed by atoms with Crippen LogP contribution < -0.4 is 5.76 Å². The number of nitrogens with zero attached hydrogens (tertiary/aromatic N) is 2. The van der Waals surface area contributed by atoms with Gasteiger partial charge in [0.2, 0.25) is 0 Å². The summed E-state index contributed by atoms with van der Waals surface area (Å²) in [5, 5.41) is 11.5. The van der Waals surface area contributed by atoms with Crippen LogP contribution in [0.2, 0.25) is 0 Å². The van der Waals surface area contributed by atoms with Gasteiger partial charge in [0.05, 0.1) is 0 Å². The first-order chi connectivity index (χ1) is 4.61. The van der Waals surface area contributed by atoms with E-state index in [1.807, 2.05) is 0 Å². The summed E-state index contributed by atoms with van der Waals surface area (Å²) in [6.45, 7) is 0. The zero-order chi connectivity index (χ0) is 7.72. The Morgan fingerprint density at radius 3 is 2.60 bits per heavy atom. The molecule has 0 aliphatic carbocycles. The van der Waals surface area contributed by atoms with E-state index in [1.165, 1.54) is 7.05 Å². The van der Waals surface area contributed by atoms with E-state index in [1.54, 1.807) is 0 Å². The molecule has 1 aromatic heterocycles. The lowest BCUT2D eigenvalue weighted by atomic mass is 10.7. The van der Waals surface area contributed by atoms with E-state index >= 15 is 0 Å². The number of carbonyl (C=O) groups is 1. The van der Waals surface area contributed by atoms with Gasteiger partial charge in [-0.25, -0.2) is 9.59 Å². The maximum atomic E-state index is 10.4. The molecule has 54 valence electrons. The molecule has 0 bridgehead atoms. The quantitative estimate of drug-likeness (QED) is 0.550. The van der Waals surface area contributed by atoms with E-state index < -0.39 is 17.6 Å². The van der Waals surface area contributed by atoms with Crippen LogP contribution in [0.3, 0.4) is 0 Å². The third-order valence-corrected chi connectivity index (χ3v) is 0.872. The van der Waals surface area contributed by atoms with E-state index in [2.05, 4.69) is 9.52 Å². The fourth-order valence-corrected chi connectivity index (χ4v) is 0.433. The van der Waals surface area contributed by atoms with Crippen LogP contribution in [0.1, 0.15) is 10.7 Å². The molecular formula is C4H4N2O4. The normalized spacial score (nSPS) is 9.70. The Morgan fingerprint density at radius 1 is 1.80 bits per heavy atom. The largest absolute Gasteiger partial charge is 0.474 e. The summed E-state index contributed by atoms with van der Waals surface area (Å²) in [6.07, 6.45) is 0. The third kappa shape index (κ3) is 0.903. The van der Waals surface area contributed by atoms with Crippen LogP contribution in [-0.4, -0.2) is 20.9 Å². The monoisotopic (exact) mass is 144 g/mol. The van der Waals surface area contributed by atoms with Crippen LogP contribution in [0, 0.1) is 0 Å². The summed E-state index contributed by atoms with van der Waals surface area (Å²) in [4.78, 5) is 20.5. The highest BCUT2D eigenvalue weighted by molar-refractivity contribution is 5.81. The topological polar surface area (TPSA) is 85.3 Å². The molecule has 0 saturated carbocycles. The van der Waals surface area contributed by atoms with Gasteiger partial charge in [0.25, 0.3) is 0 Å². The molecule has 0 spiro atoms. The predicted octanol–water partition coefficient (Wildman–Crippen LogP) is -0.928. The van der Waals surface area contributed by atoms with Gasteiger partial charge in [-0.1, -0.05) is 0 Å². The number of rotatable bonds is 1. The number of aryl methyl sites for hydroxylation is 1. The van der Waals surface area contributed by atoms with Crippen molar-refractivity contribution >= 4 is 5.97 Å². The summed E-state index contributed by atoms with van der Waals surface area (Å²) in [7, 11) is 1.30. The number of aromatic carboxylic acids is 1. The lowest BCUT2D eigenvalue weighted by Crippen LogP contribution is -2.09. The van der Waals surface area contributed by atoms with Gasteiger partial charge in [0.1, 0.15) is 0 Å². The number of carboxylic acids is 1. The molecule has 6 heteroatoms. The first-order valence-corrected chi connectivity index (χ1v) is 2.38. The molecule has 0 aliphatic rings. The van der Waals surface area contributed by atoms with Gasteiger partial charge in [0.15, 0.2) is 0 Å². The van der Waals surface area contributed by atoms with E-state index in [4.69, 9.17) is 5.11 Å². The first-order valence-electron chi connectivity index (χ1n) is 2.38. The zero-order valence-electron chi connectivity index (χ0n) is 5.07. The smallest absolute Gasteiger partial charge is 0.437 e. The van der Waals surface area contributed by atoms with Gasteiger partial charge < -0.3 is 9.52 Å². The molecule has 0 aliphatic heterocycles. The van der Waals surface area contributed by atoms with Crippen molar-refractivity contribution < 1.29 is 14.3 Å².